The van der Waals surface area contributed by atoms with Crippen molar-refractivity contribution in [1.29, 1.82) is 0 Å². The standard InChI is InChI=1S/C20H23Cl2FN2O4S/c1-12(25-30(2,28)29)17-8-7-15(11-24-17)13-3-5-14(6-4-13)19(27)16(10-23)9-18(26)20(21)22/h3-8,11-12,16,19-20,25,27H,9-10H2,1-2H3/t12?,16-,19-/m1/s1. The second-order valence-electron chi connectivity index (χ2n) is 7.04. The lowest BCUT2D eigenvalue weighted by Crippen LogP contribution is -2.25. The van der Waals surface area contributed by atoms with Crippen molar-refractivity contribution >= 4 is 39.0 Å². The fourth-order valence-electron chi connectivity index (χ4n) is 2.96. The van der Waals surface area contributed by atoms with E-state index in [1.165, 1.54) is 0 Å². The Hall–Kier alpha value is -1.58. The molecule has 0 amide bonds. The summed E-state index contributed by atoms with van der Waals surface area (Å²) in [5.74, 6) is -1.48. The number of carbonyl (C=O) groups is 1. The number of nitrogens with zero attached hydrogens (tertiary/aromatic N) is 1. The highest BCUT2D eigenvalue weighted by molar-refractivity contribution is 7.88. The number of pyridine rings is 1. The molecule has 1 unspecified atom stereocenters. The minimum Gasteiger partial charge on any atom is -0.388 e. The van der Waals surface area contributed by atoms with Crippen LogP contribution >= 0.6 is 23.2 Å². The molecule has 0 aliphatic rings. The number of hydrogen-bond acceptors (Lipinski definition) is 5. The van der Waals surface area contributed by atoms with Gasteiger partial charge in [0.1, 0.15) is 0 Å². The van der Waals surface area contributed by atoms with Gasteiger partial charge in [-0.3, -0.25) is 14.2 Å². The monoisotopic (exact) mass is 476 g/mol. The van der Waals surface area contributed by atoms with Crippen molar-refractivity contribution < 1.29 is 22.7 Å². The first-order chi connectivity index (χ1) is 14.0. The molecule has 0 saturated carbocycles. The fraction of sp³-hybridized carbons (Fsp3) is 0.400. The van der Waals surface area contributed by atoms with Crippen LogP contribution in [-0.2, 0) is 14.8 Å². The molecule has 1 heterocycles. The predicted octanol–water partition coefficient (Wildman–Crippen LogP) is 3.74. The molecular weight excluding hydrogens is 454 g/mol. The van der Waals surface area contributed by atoms with Gasteiger partial charge in [0.05, 0.1) is 30.8 Å². The van der Waals surface area contributed by atoms with Crippen LogP contribution in [0, 0.1) is 5.92 Å². The lowest BCUT2D eigenvalue weighted by atomic mass is 9.91. The molecule has 2 N–H and O–H groups in total. The Morgan fingerprint density at radius 1 is 1.17 bits per heavy atom. The molecule has 30 heavy (non-hydrogen) atoms. The second-order valence-corrected chi connectivity index (χ2v) is 9.91. The van der Waals surface area contributed by atoms with Crippen molar-refractivity contribution in [1.82, 2.24) is 9.71 Å². The highest BCUT2D eigenvalue weighted by Gasteiger charge is 2.26. The zero-order valence-corrected chi connectivity index (χ0v) is 18.8. The first-order valence-corrected chi connectivity index (χ1v) is 11.9. The van der Waals surface area contributed by atoms with Crippen LogP contribution in [0.4, 0.5) is 4.39 Å². The Balaban J connectivity index is 2.12. The maximum atomic E-state index is 13.3. The number of alkyl halides is 3. The van der Waals surface area contributed by atoms with Crippen LogP contribution < -0.4 is 4.72 Å². The molecule has 2 aromatic rings. The van der Waals surface area contributed by atoms with Gasteiger partial charge in [-0.2, -0.15) is 0 Å². The van der Waals surface area contributed by atoms with Gasteiger partial charge in [-0.15, -0.1) is 0 Å². The second kappa shape index (κ2) is 10.6. The number of aromatic nitrogens is 1. The maximum Gasteiger partial charge on any atom is 0.209 e. The van der Waals surface area contributed by atoms with Crippen molar-refractivity contribution in [2.45, 2.75) is 30.3 Å². The largest absolute Gasteiger partial charge is 0.388 e. The number of hydrogen-bond donors (Lipinski definition) is 2. The molecule has 1 aromatic heterocycles. The van der Waals surface area contributed by atoms with Crippen LogP contribution in [0.5, 0.6) is 0 Å². The third-order valence-corrected chi connectivity index (χ3v) is 5.83. The molecule has 0 fully saturated rings. The third kappa shape index (κ3) is 6.99. The molecule has 0 radical (unpaired) electrons. The van der Waals surface area contributed by atoms with Gasteiger partial charge in [0.15, 0.2) is 10.6 Å². The number of Topliss-reactive ketones (excluding diaryl/α,β-unsaturated/α-hetero) is 1. The summed E-state index contributed by atoms with van der Waals surface area (Å²) in [6.07, 6.45) is 1.26. The number of nitrogens with one attached hydrogen (secondary N) is 1. The minimum atomic E-state index is -3.34. The number of sulfonamides is 1. The van der Waals surface area contributed by atoms with E-state index in [0.29, 0.717) is 11.3 Å². The zero-order chi connectivity index (χ0) is 22.5. The van der Waals surface area contributed by atoms with Gasteiger partial charge in [0.25, 0.3) is 0 Å². The SMILES string of the molecule is CC(NS(C)(=O)=O)c1ccc(-c2ccc([C@@H](O)[C@@H](CF)CC(=O)C(Cl)Cl)cc2)cn1. The summed E-state index contributed by atoms with van der Waals surface area (Å²) in [7, 11) is -3.34. The summed E-state index contributed by atoms with van der Waals surface area (Å²) in [6.45, 7) is 0.808. The van der Waals surface area contributed by atoms with Gasteiger partial charge in [0.2, 0.25) is 10.0 Å². The zero-order valence-electron chi connectivity index (χ0n) is 16.4. The van der Waals surface area contributed by atoms with Crippen molar-refractivity contribution in [2.75, 3.05) is 12.9 Å². The molecule has 3 atom stereocenters. The average molecular weight is 477 g/mol. The number of halogens is 3. The highest BCUT2D eigenvalue weighted by Crippen LogP contribution is 2.29. The van der Waals surface area contributed by atoms with Crippen LogP contribution in [0.3, 0.4) is 0 Å². The van der Waals surface area contributed by atoms with Crippen molar-refractivity contribution in [3.8, 4) is 11.1 Å². The van der Waals surface area contributed by atoms with Gasteiger partial charge in [-0.05, 0) is 24.1 Å². The number of aliphatic hydroxyl groups excluding tert-OH is 1. The molecule has 0 aliphatic heterocycles. The number of carbonyl (C=O) groups excluding carboxylic acids is 1. The quantitative estimate of drug-likeness (QED) is 0.509. The van der Waals surface area contributed by atoms with E-state index >= 15 is 0 Å². The normalized spacial score (nSPS) is 15.0. The van der Waals surface area contributed by atoms with Crippen molar-refractivity contribution in [2.24, 2.45) is 5.92 Å². The molecule has 10 heteroatoms. The van der Waals surface area contributed by atoms with Crippen LogP contribution in [0.15, 0.2) is 42.6 Å². The van der Waals surface area contributed by atoms with Gasteiger partial charge in [-0.25, -0.2) is 13.1 Å². The number of benzene rings is 1. The lowest BCUT2D eigenvalue weighted by Gasteiger charge is -2.20. The predicted molar refractivity (Wildman–Crippen MR) is 116 cm³/mol. The van der Waals surface area contributed by atoms with Gasteiger partial charge >= 0.3 is 0 Å². The average Bonchev–Trinajstić information content (AvgIpc) is 2.70. The summed E-state index contributed by atoms with van der Waals surface area (Å²) >= 11 is 11.0. The summed E-state index contributed by atoms with van der Waals surface area (Å²) in [4.78, 5) is 14.7. The van der Waals surface area contributed by atoms with Crippen LogP contribution in [-0.4, -0.2) is 42.1 Å². The Labute approximate surface area is 185 Å². The molecule has 2 rings (SSSR count). The van der Waals surface area contributed by atoms with E-state index in [-0.39, 0.29) is 6.42 Å². The van der Waals surface area contributed by atoms with E-state index in [2.05, 4.69) is 9.71 Å². The van der Waals surface area contributed by atoms with E-state index in [1.54, 1.807) is 49.5 Å². The molecular formula is C20H23Cl2FN2O4S. The Bertz CT molecular complexity index is 954. The van der Waals surface area contributed by atoms with E-state index < -0.39 is 45.4 Å². The molecule has 0 spiro atoms. The molecule has 164 valence electrons. The Kier molecular flexibility index (Phi) is 8.75. The molecule has 6 nitrogen and oxygen atoms in total. The first kappa shape index (κ1) is 24.7. The van der Waals surface area contributed by atoms with E-state index in [9.17, 15) is 22.7 Å². The lowest BCUT2D eigenvalue weighted by molar-refractivity contribution is -0.119. The number of aliphatic hydroxyl groups is 1. The number of ketones is 1. The van der Waals surface area contributed by atoms with Crippen molar-refractivity contribution in [3.63, 3.8) is 0 Å². The van der Waals surface area contributed by atoms with E-state index in [0.717, 1.165) is 17.4 Å². The summed E-state index contributed by atoms with van der Waals surface area (Å²) in [6, 6.07) is 9.85. The Morgan fingerprint density at radius 2 is 1.77 bits per heavy atom. The molecule has 1 aromatic carbocycles. The minimum absolute atomic E-state index is 0.262. The summed E-state index contributed by atoms with van der Waals surface area (Å²) in [5, 5.41) is 10.4. The molecule has 0 aliphatic carbocycles. The maximum absolute atomic E-state index is 13.3. The fourth-order valence-corrected chi connectivity index (χ4v) is 3.90. The Morgan fingerprint density at radius 3 is 2.23 bits per heavy atom. The summed E-state index contributed by atoms with van der Waals surface area (Å²) in [5.41, 5.74) is 2.63. The van der Waals surface area contributed by atoms with Crippen LogP contribution in [0.25, 0.3) is 11.1 Å². The van der Waals surface area contributed by atoms with Crippen LogP contribution in [0.2, 0.25) is 0 Å². The summed E-state index contributed by atoms with van der Waals surface area (Å²) < 4.78 is 38.5. The first-order valence-electron chi connectivity index (χ1n) is 9.10. The van der Waals surface area contributed by atoms with E-state index in [4.69, 9.17) is 23.2 Å². The van der Waals surface area contributed by atoms with Gasteiger partial charge in [0, 0.05) is 24.1 Å². The topological polar surface area (TPSA) is 96.4 Å². The van der Waals surface area contributed by atoms with E-state index in [1.807, 2.05) is 0 Å². The van der Waals surface area contributed by atoms with Gasteiger partial charge in [-0.1, -0.05) is 53.5 Å². The smallest absolute Gasteiger partial charge is 0.209 e. The van der Waals surface area contributed by atoms with Gasteiger partial charge < -0.3 is 5.11 Å². The highest BCUT2D eigenvalue weighted by atomic mass is 35.5. The number of rotatable bonds is 10. The third-order valence-electron chi connectivity index (χ3n) is 4.56. The van der Waals surface area contributed by atoms with Crippen LogP contribution in [0.1, 0.15) is 36.7 Å². The molecule has 0 saturated heterocycles. The van der Waals surface area contributed by atoms with Crippen molar-refractivity contribution in [3.05, 3.63) is 53.9 Å². The molecule has 0 bridgehead atoms.